The second-order valence-electron chi connectivity index (χ2n) is 6.62. The van der Waals surface area contributed by atoms with Crippen LogP contribution in [-0.4, -0.2) is 40.9 Å². The standard InChI is InChI=1S/C16H22F3N3O/c1-10(2)7-15(23,16(17,18)19)8-12-5-11-6-14(22(3)4)20-9-13(11)21-12/h5-6,9-10,21,23H,7-8H2,1-4H3. The molecule has 2 rings (SSSR count). The first-order chi connectivity index (χ1) is 10.5. The maximum absolute atomic E-state index is 13.3. The van der Waals surface area contributed by atoms with Gasteiger partial charge in [-0.25, -0.2) is 4.98 Å². The van der Waals surface area contributed by atoms with Crippen LogP contribution in [0.15, 0.2) is 18.3 Å². The molecule has 7 heteroatoms. The van der Waals surface area contributed by atoms with E-state index in [1.165, 1.54) is 0 Å². The van der Waals surface area contributed by atoms with Crippen LogP contribution in [0.5, 0.6) is 0 Å². The summed E-state index contributed by atoms with van der Waals surface area (Å²) in [6.07, 6.45) is -3.93. The largest absolute Gasteiger partial charge is 0.417 e. The van der Waals surface area contributed by atoms with Crippen LogP contribution >= 0.6 is 0 Å². The second kappa shape index (κ2) is 6.03. The summed E-state index contributed by atoms with van der Waals surface area (Å²) in [5.41, 5.74) is -1.74. The molecule has 128 valence electrons. The smallest absolute Gasteiger partial charge is 0.380 e. The van der Waals surface area contributed by atoms with Crippen molar-refractivity contribution < 1.29 is 18.3 Å². The van der Waals surface area contributed by atoms with E-state index in [4.69, 9.17) is 0 Å². The average Bonchev–Trinajstić information content (AvgIpc) is 2.76. The lowest BCUT2D eigenvalue weighted by Gasteiger charge is -2.31. The third-order valence-corrected chi connectivity index (χ3v) is 3.76. The van der Waals surface area contributed by atoms with Crippen molar-refractivity contribution in [2.75, 3.05) is 19.0 Å². The molecule has 2 N–H and O–H groups in total. The predicted molar refractivity (Wildman–Crippen MR) is 84.6 cm³/mol. The first-order valence-corrected chi connectivity index (χ1v) is 7.46. The molecule has 0 aromatic carbocycles. The fourth-order valence-corrected chi connectivity index (χ4v) is 2.70. The highest BCUT2D eigenvalue weighted by atomic mass is 19.4. The van der Waals surface area contributed by atoms with E-state index in [9.17, 15) is 18.3 Å². The molecule has 0 aliphatic carbocycles. The molecule has 0 aliphatic rings. The van der Waals surface area contributed by atoms with E-state index < -0.39 is 18.2 Å². The molecule has 4 nitrogen and oxygen atoms in total. The van der Waals surface area contributed by atoms with Crippen molar-refractivity contribution in [3.8, 4) is 0 Å². The van der Waals surface area contributed by atoms with Crippen molar-refractivity contribution >= 4 is 16.7 Å². The Labute approximate surface area is 133 Å². The minimum absolute atomic E-state index is 0.270. The molecule has 0 saturated heterocycles. The Morgan fingerprint density at radius 1 is 1.26 bits per heavy atom. The third-order valence-electron chi connectivity index (χ3n) is 3.76. The van der Waals surface area contributed by atoms with Crippen LogP contribution in [0, 0.1) is 5.92 Å². The van der Waals surface area contributed by atoms with Crippen molar-refractivity contribution in [3.63, 3.8) is 0 Å². The molecule has 23 heavy (non-hydrogen) atoms. The van der Waals surface area contributed by atoms with Gasteiger partial charge in [0.2, 0.25) is 0 Å². The van der Waals surface area contributed by atoms with E-state index >= 15 is 0 Å². The summed E-state index contributed by atoms with van der Waals surface area (Å²) in [6.45, 7) is 3.32. The Kier molecular flexibility index (Phi) is 4.61. The van der Waals surface area contributed by atoms with Crippen LogP contribution in [0.2, 0.25) is 0 Å². The van der Waals surface area contributed by atoms with Crippen molar-refractivity contribution in [3.05, 3.63) is 24.0 Å². The number of aromatic amines is 1. The fraction of sp³-hybridized carbons (Fsp3) is 0.562. The van der Waals surface area contributed by atoms with E-state index in [0.717, 1.165) is 11.2 Å². The Hall–Kier alpha value is -1.76. The van der Waals surface area contributed by atoms with Crippen LogP contribution in [0.3, 0.4) is 0 Å². The number of alkyl halides is 3. The van der Waals surface area contributed by atoms with Crippen LogP contribution in [0.4, 0.5) is 19.0 Å². The summed E-state index contributed by atoms with van der Waals surface area (Å²) in [4.78, 5) is 8.96. The number of aromatic nitrogens is 2. The summed E-state index contributed by atoms with van der Waals surface area (Å²) in [7, 11) is 3.68. The molecule has 2 aromatic heterocycles. The molecular weight excluding hydrogens is 307 g/mol. The maximum atomic E-state index is 13.3. The monoisotopic (exact) mass is 329 g/mol. The number of aliphatic hydroxyl groups is 1. The lowest BCUT2D eigenvalue weighted by molar-refractivity contribution is -0.265. The first kappa shape index (κ1) is 17.6. The summed E-state index contributed by atoms with van der Waals surface area (Å²) in [6, 6.07) is 3.44. The third kappa shape index (κ3) is 3.77. The molecular formula is C16H22F3N3O. The Bertz CT molecular complexity index is 679. The van der Waals surface area contributed by atoms with Gasteiger partial charge in [-0.3, -0.25) is 0 Å². The van der Waals surface area contributed by atoms with E-state index in [-0.39, 0.29) is 12.3 Å². The van der Waals surface area contributed by atoms with Crippen LogP contribution in [0.1, 0.15) is 26.0 Å². The Morgan fingerprint density at radius 3 is 2.43 bits per heavy atom. The Balaban J connectivity index is 2.35. The van der Waals surface area contributed by atoms with E-state index in [1.807, 2.05) is 19.0 Å². The zero-order valence-corrected chi connectivity index (χ0v) is 13.7. The number of halogens is 3. The quantitative estimate of drug-likeness (QED) is 0.882. The molecule has 0 spiro atoms. The SMILES string of the molecule is CC(C)CC(O)(Cc1cc2cc(N(C)C)ncc2[nH]1)C(F)(F)F. The van der Waals surface area contributed by atoms with Crippen LogP contribution in [0.25, 0.3) is 10.9 Å². The predicted octanol–water partition coefficient (Wildman–Crippen LogP) is 3.51. The summed E-state index contributed by atoms with van der Waals surface area (Å²) < 4.78 is 39.9. The molecule has 2 aromatic rings. The highest BCUT2D eigenvalue weighted by molar-refractivity contribution is 5.82. The van der Waals surface area contributed by atoms with Gasteiger partial charge >= 0.3 is 6.18 Å². The number of H-pyrrole nitrogens is 1. The molecule has 0 bridgehead atoms. The number of rotatable bonds is 5. The molecule has 0 aliphatic heterocycles. The molecule has 1 atom stereocenters. The normalized spacial score (nSPS) is 15.2. The van der Waals surface area contributed by atoms with Gasteiger partial charge < -0.3 is 15.0 Å². The second-order valence-corrected chi connectivity index (χ2v) is 6.62. The van der Waals surface area contributed by atoms with Gasteiger partial charge in [0.1, 0.15) is 5.82 Å². The van der Waals surface area contributed by atoms with Gasteiger partial charge in [-0.2, -0.15) is 13.2 Å². The first-order valence-electron chi connectivity index (χ1n) is 7.46. The maximum Gasteiger partial charge on any atom is 0.417 e. The van der Waals surface area contributed by atoms with Gasteiger partial charge in [0.05, 0.1) is 11.7 Å². The van der Waals surface area contributed by atoms with Gasteiger partial charge in [0.15, 0.2) is 5.60 Å². The van der Waals surface area contributed by atoms with Gasteiger partial charge in [-0.1, -0.05) is 13.8 Å². The molecule has 1 unspecified atom stereocenters. The van der Waals surface area contributed by atoms with E-state index in [2.05, 4.69) is 9.97 Å². The lowest BCUT2D eigenvalue weighted by Crippen LogP contribution is -2.48. The number of nitrogens with one attached hydrogen (secondary N) is 1. The van der Waals surface area contributed by atoms with Crippen LogP contribution < -0.4 is 4.90 Å². The minimum Gasteiger partial charge on any atom is -0.380 e. The highest BCUT2D eigenvalue weighted by Gasteiger charge is 2.53. The zero-order chi connectivity index (χ0) is 17.4. The zero-order valence-electron chi connectivity index (χ0n) is 13.7. The van der Waals surface area contributed by atoms with Gasteiger partial charge in [0, 0.05) is 31.6 Å². The van der Waals surface area contributed by atoms with E-state index in [0.29, 0.717) is 11.2 Å². The van der Waals surface area contributed by atoms with Crippen molar-refractivity contribution in [2.24, 2.45) is 5.92 Å². The summed E-state index contributed by atoms with van der Waals surface area (Å²) in [5.74, 6) is 0.448. The molecule has 0 saturated carbocycles. The molecule has 2 heterocycles. The van der Waals surface area contributed by atoms with Crippen molar-refractivity contribution in [1.82, 2.24) is 9.97 Å². The number of anilines is 1. The molecule has 0 fully saturated rings. The van der Waals surface area contributed by atoms with E-state index in [1.54, 1.807) is 32.2 Å². The van der Waals surface area contributed by atoms with Gasteiger partial charge in [-0.15, -0.1) is 0 Å². The average molecular weight is 329 g/mol. The van der Waals surface area contributed by atoms with Crippen LogP contribution in [-0.2, 0) is 6.42 Å². The van der Waals surface area contributed by atoms with Crippen molar-refractivity contribution in [1.29, 1.82) is 0 Å². The number of fused-ring (bicyclic) bond motifs is 1. The fourth-order valence-electron chi connectivity index (χ4n) is 2.70. The number of nitrogens with zero attached hydrogens (tertiary/aromatic N) is 2. The number of pyridine rings is 1. The molecule has 0 radical (unpaired) electrons. The lowest BCUT2D eigenvalue weighted by atomic mass is 9.87. The summed E-state index contributed by atoms with van der Waals surface area (Å²) in [5, 5.41) is 10.9. The Morgan fingerprint density at radius 2 is 1.91 bits per heavy atom. The number of hydrogen-bond acceptors (Lipinski definition) is 3. The van der Waals surface area contributed by atoms with Gasteiger partial charge in [-0.05, 0) is 24.5 Å². The number of hydrogen-bond donors (Lipinski definition) is 2. The van der Waals surface area contributed by atoms with Crippen molar-refractivity contribution in [2.45, 2.75) is 38.5 Å². The molecule has 0 amide bonds. The topological polar surface area (TPSA) is 52.1 Å². The highest BCUT2D eigenvalue weighted by Crippen LogP contribution is 2.38. The summed E-state index contributed by atoms with van der Waals surface area (Å²) >= 11 is 0. The minimum atomic E-state index is -4.68. The van der Waals surface area contributed by atoms with Gasteiger partial charge in [0.25, 0.3) is 0 Å².